The molecule has 0 bridgehead atoms. The van der Waals surface area contributed by atoms with Crippen molar-refractivity contribution in [2.45, 2.75) is 6.92 Å². The van der Waals surface area contributed by atoms with E-state index in [1.54, 1.807) is 0 Å². The van der Waals surface area contributed by atoms with Gasteiger partial charge in [-0.1, -0.05) is 11.6 Å². The highest BCUT2D eigenvalue weighted by atomic mass is 35.7. The van der Waals surface area contributed by atoms with Crippen LogP contribution in [-0.2, 0) is 19.3 Å². The van der Waals surface area contributed by atoms with Gasteiger partial charge in [0.05, 0.1) is 17.8 Å². The number of ether oxygens (including phenoxy) is 1. The molecular formula is C10H9Cl2NO5S. The first-order valence-corrected chi connectivity index (χ1v) is 7.09. The van der Waals surface area contributed by atoms with Crippen molar-refractivity contribution in [1.82, 2.24) is 0 Å². The molecule has 0 aliphatic rings. The Kier molecular flexibility index (Phi) is 5.59. The number of carbonyl (C=O) groups is 2. The monoisotopic (exact) mass is 325 g/mol. The molecule has 1 aromatic carbocycles. The first kappa shape index (κ1) is 15.7. The van der Waals surface area contributed by atoms with Gasteiger partial charge in [-0.3, -0.25) is 4.79 Å². The molecule has 19 heavy (non-hydrogen) atoms. The number of anilines is 1. The summed E-state index contributed by atoms with van der Waals surface area (Å²) in [6.07, 6.45) is 0. The molecule has 1 aromatic rings. The number of carbonyl (C=O) groups excluding carboxylic acids is 2. The van der Waals surface area contributed by atoms with Gasteiger partial charge in [0.25, 0.3) is 0 Å². The van der Waals surface area contributed by atoms with Crippen molar-refractivity contribution < 1.29 is 22.7 Å². The molecule has 0 fully saturated rings. The molecule has 1 atom stereocenters. The summed E-state index contributed by atoms with van der Waals surface area (Å²) in [5.74, 6) is -1.19. The molecule has 0 aromatic heterocycles. The van der Waals surface area contributed by atoms with Crippen LogP contribution in [0.2, 0.25) is 5.02 Å². The van der Waals surface area contributed by atoms with Gasteiger partial charge in [0.15, 0.2) is 0 Å². The van der Waals surface area contributed by atoms with E-state index in [0.717, 1.165) is 0 Å². The highest BCUT2D eigenvalue weighted by Crippen LogP contribution is 2.31. The van der Waals surface area contributed by atoms with Crippen LogP contribution in [0.3, 0.4) is 0 Å². The highest BCUT2D eigenvalue weighted by molar-refractivity contribution is 8.04. The zero-order chi connectivity index (χ0) is 14.6. The van der Waals surface area contributed by atoms with Crippen LogP contribution in [0.1, 0.15) is 17.3 Å². The van der Waals surface area contributed by atoms with Crippen LogP contribution in [0.15, 0.2) is 12.1 Å². The Morgan fingerprint density at radius 3 is 2.47 bits per heavy atom. The fourth-order valence-electron chi connectivity index (χ4n) is 1.27. The number of benzene rings is 1. The largest absolute Gasteiger partial charge is 0.496 e. The lowest BCUT2D eigenvalue weighted by Gasteiger charge is -2.11. The van der Waals surface area contributed by atoms with E-state index in [0.29, 0.717) is 0 Å². The summed E-state index contributed by atoms with van der Waals surface area (Å²) >= 11 is 5.90. The standard InChI is InChI=1S/C10H9Cl2NO5S/c1-5(14)13-8-4-9(17-2)6(3-7(8)11)10(15)18-19(12)16/h3-4H,1-2H3,(H,13,14). The Labute approximate surface area is 121 Å². The third-order valence-electron chi connectivity index (χ3n) is 1.96. The summed E-state index contributed by atoms with van der Waals surface area (Å²) < 4.78 is 19.9. The Morgan fingerprint density at radius 2 is 2.00 bits per heavy atom. The lowest BCUT2D eigenvalue weighted by molar-refractivity contribution is -0.114. The molecule has 0 saturated carbocycles. The number of halogens is 2. The van der Waals surface area contributed by atoms with Crippen molar-refractivity contribution >= 4 is 50.1 Å². The van der Waals surface area contributed by atoms with E-state index in [1.165, 1.54) is 26.2 Å². The van der Waals surface area contributed by atoms with Crippen LogP contribution >= 0.6 is 22.3 Å². The summed E-state index contributed by atoms with van der Waals surface area (Å²) in [6, 6.07) is 2.56. The van der Waals surface area contributed by atoms with E-state index < -0.39 is 16.3 Å². The number of methoxy groups -OCH3 is 1. The Balaban J connectivity index is 3.19. The average Bonchev–Trinajstić information content (AvgIpc) is 2.29. The van der Waals surface area contributed by atoms with Crippen molar-refractivity contribution in [2.75, 3.05) is 12.4 Å². The fourth-order valence-corrected chi connectivity index (χ4v) is 1.86. The number of hydrogen-bond donors (Lipinski definition) is 1. The van der Waals surface area contributed by atoms with Crippen molar-refractivity contribution in [2.24, 2.45) is 0 Å². The smallest absolute Gasteiger partial charge is 0.356 e. The van der Waals surface area contributed by atoms with Crippen molar-refractivity contribution in [1.29, 1.82) is 0 Å². The third kappa shape index (κ3) is 4.38. The second-order valence-electron chi connectivity index (χ2n) is 3.28. The summed E-state index contributed by atoms with van der Waals surface area (Å²) in [5.41, 5.74) is 0.213. The van der Waals surface area contributed by atoms with Gasteiger partial charge in [0.2, 0.25) is 5.91 Å². The molecule has 0 heterocycles. The first-order chi connectivity index (χ1) is 8.85. The minimum Gasteiger partial charge on any atom is -0.496 e. The fraction of sp³-hybridized carbons (Fsp3) is 0.200. The van der Waals surface area contributed by atoms with Gasteiger partial charge < -0.3 is 14.2 Å². The lowest BCUT2D eigenvalue weighted by Crippen LogP contribution is -2.10. The maximum absolute atomic E-state index is 11.6. The predicted octanol–water partition coefficient (Wildman–Crippen LogP) is 2.28. The first-order valence-electron chi connectivity index (χ1n) is 4.81. The maximum Gasteiger partial charge on any atom is 0.356 e. The molecule has 1 N–H and O–H groups in total. The molecule has 0 spiro atoms. The molecule has 0 radical (unpaired) electrons. The minimum atomic E-state index is -2.27. The van der Waals surface area contributed by atoms with E-state index in [1.807, 2.05) is 0 Å². The van der Waals surface area contributed by atoms with E-state index in [4.69, 9.17) is 27.0 Å². The molecule has 0 aliphatic heterocycles. The van der Waals surface area contributed by atoms with Gasteiger partial charge in [-0.2, -0.15) is 4.21 Å². The normalized spacial score (nSPS) is 11.6. The molecule has 1 rings (SSSR count). The number of rotatable bonds is 4. The van der Waals surface area contributed by atoms with E-state index >= 15 is 0 Å². The van der Waals surface area contributed by atoms with Crippen LogP contribution < -0.4 is 10.1 Å². The van der Waals surface area contributed by atoms with E-state index in [9.17, 15) is 13.8 Å². The van der Waals surface area contributed by atoms with Crippen LogP contribution in [0.25, 0.3) is 0 Å². The van der Waals surface area contributed by atoms with Gasteiger partial charge in [-0.25, -0.2) is 4.79 Å². The SMILES string of the molecule is COc1cc(NC(C)=O)c(Cl)cc1C(=O)OS(=O)Cl. The number of amides is 1. The molecule has 0 aliphatic carbocycles. The maximum atomic E-state index is 11.6. The zero-order valence-electron chi connectivity index (χ0n) is 9.86. The van der Waals surface area contributed by atoms with Crippen molar-refractivity contribution in [3.05, 3.63) is 22.7 Å². The Morgan fingerprint density at radius 1 is 1.37 bits per heavy atom. The lowest BCUT2D eigenvalue weighted by atomic mass is 10.2. The average molecular weight is 326 g/mol. The van der Waals surface area contributed by atoms with Crippen LogP contribution in [-0.4, -0.2) is 23.2 Å². The van der Waals surface area contributed by atoms with Crippen LogP contribution in [0.4, 0.5) is 5.69 Å². The van der Waals surface area contributed by atoms with Crippen LogP contribution in [0, 0.1) is 0 Å². The second-order valence-corrected chi connectivity index (χ2v) is 5.00. The molecule has 1 amide bonds. The van der Waals surface area contributed by atoms with Crippen LogP contribution in [0.5, 0.6) is 5.75 Å². The molecule has 104 valence electrons. The van der Waals surface area contributed by atoms with Gasteiger partial charge in [0, 0.05) is 23.7 Å². The molecular weight excluding hydrogens is 317 g/mol. The Hall–Kier alpha value is -1.31. The highest BCUT2D eigenvalue weighted by Gasteiger charge is 2.19. The van der Waals surface area contributed by atoms with Crippen molar-refractivity contribution in [3.63, 3.8) is 0 Å². The Bertz CT molecular complexity index is 549. The van der Waals surface area contributed by atoms with Gasteiger partial charge in [-0.05, 0) is 6.07 Å². The topological polar surface area (TPSA) is 81.7 Å². The summed E-state index contributed by atoms with van der Waals surface area (Å²) in [5, 5.41) is 2.57. The second kappa shape index (κ2) is 6.74. The zero-order valence-corrected chi connectivity index (χ0v) is 12.2. The molecule has 0 saturated heterocycles. The molecule has 1 unspecified atom stereocenters. The minimum absolute atomic E-state index is 0.0596. The number of hydrogen-bond acceptors (Lipinski definition) is 5. The molecule has 9 heteroatoms. The van der Waals surface area contributed by atoms with Gasteiger partial charge >= 0.3 is 16.3 Å². The number of nitrogens with one attached hydrogen (secondary N) is 1. The van der Waals surface area contributed by atoms with Gasteiger partial charge in [0.1, 0.15) is 11.3 Å². The third-order valence-corrected chi connectivity index (χ3v) is 2.75. The summed E-state index contributed by atoms with van der Waals surface area (Å²) in [7, 11) is 4.10. The predicted molar refractivity (Wildman–Crippen MR) is 71.7 cm³/mol. The van der Waals surface area contributed by atoms with E-state index in [2.05, 4.69) is 9.50 Å². The van der Waals surface area contributed by atoms with Gasteiger partial charge in [-0.15, -0.1) is 0 Å². The van der Waals surface area contributed by atoms with E-state index in [-0.39, 0.29) is 27.9 Å². The van der Waals surface area contributed by atoms with Crippen molar-refractivity contribution in [3.8, 4) is 5.75 Å². The quantitative estimate of drug-likeness (QED) is 0.859. The summed E-state index contributed by atoms with van der Waals surface area (Å²) in [4.78, 5) is 22.6. The molecule has 6 nitrogen and oxygen atoms in total. The summed E-state index contributed by atoms with van der Waals surface area (Å²) in [6.45, 7) is 1.31.